The van der Waals surface area contributed by atoms with Crippen molar-refractivity contribution >= 4 is 27.3 Å². The van der Waals surface area contributed by atoms with Crippen LogP contribution in [0.4, 0.5) is 0 Å². The maximum atomic E-state index is 12.3. The second-order valence-electron chi connectivity index (χ2n) is 5.71. The van der Waals surface area contributed by atoms with E-state index in [9.17, 15) is 18.3 Å². The number of aliphatic hydroxyl groups is 1. The van der Waals surface area contributed by atoms with Crippen molar-refractivity contribution in [2.75, 3.05) is 0 Å². The third-order valence-electron chi connectivity index (χ3n) is 4.06. The number of nitrogens with one attached hydrogen (secondary N) is 1. The van der Waals surface area contributed by atoms with Gasteiger partial charge in [0.1, 0.15) is 0 Å². The first-order chi connectivity index (χ1) is 10.4. The molecule has 0 aromatic carbocycles. The number of hydrogen-bond acceptors (Lipinski definition) is 5. The first-order valence-corrected chi connectivity index (χ1v) is 9.78. The van der Waals surface area contributed by atoms with Gasteiger partial charge in [-0.3, -0.25) is 0 Å². The zero-order chi connectivity index (χ0) is 16.2. The van der Waals surface area contributed by atoms with E-state index < -0.39 is 28.1 Å². The largest absolute Gasteiger partial charge is 0.479 e. The van der Waals surface area contributed by atoms with Crippen LogP contribution in [-0.4, -0.2) is 36.7 Å². The van der Waals surface area contributed by atoms with Gasteiger partial charge in [-0.25, -0.2) is 17.9 Å². The first kappa shape index (κ1) is 17.4. The molecule has 1 fully saturated rings. The number of carboxylic acid groups (broad SMARTS) is 1. The van der Waals surface area contributed by atoms with Crippen LogP contribution in [-0.2, 0) is 14.8 Å². The zero-order valence-electron chi connectivity index (χ0n) is 12.1. The Morgan fingerprint density at radius 3 is 2.59 bits per heavy atom. The third-order valence-corrected chi connectivity index (χ3v) is 6.38. The lowest BCUT2D eigenvalue weighted by molar-refractivity contribution is -0.148. The molecular weight excluding hydrogens is 326 g/mol. The van der Waals surface area contributed by atoms with Crippen LogP contribution in [0, 0.1) is 5.92 Å². The molecule has 0 saturated heterocycles. The van der Waals surface area contributed by atoms with Crippen molar-refractivity contribution in [3.05, 3.63) is 16.8 Å². The maximum absolute atomic E-state index is 12.3. The van der Waals surface area contributed by atoms with Gasteiger partial charge in [-0.1, -0.05) is 32.1 Å². The highest BCUT2D eigenvalue weighted by Crippen LogP contribution is 2.28. The SMILES string of the molecule is O=C(O)C(O)C(CC1CCCCC1)NS(=O)(=O)c1ccsc1. The van der Waals surface area contributed by atoms with Crippen LogP contribution in [0.25, 0.3) is 0 Å². The highest BCUT2D eigenvalue weighted by molar-refractivity contribution is 7.89. The Kier molecular flexibility index (Phi) is 5.96. The van der Waals surface area contributed by atoms with Gasteiger partial charge < -0.3 is 10.2 Å². The number of sulfonamides is 1. The van der Waals surface area contributed by atoms with Gasteiger partial charge in [0.05, 0.1) is 10.9 Å². The van der Waals surface area contributed by atoms with Gasteiger partial charge in [0.15, 0.2) is 6.10 Å². The van der Waals surface area contributed by atoms with Gasteiger partial charge in [0, 0.05) is 5.38 Å². The van der Waals surface area contributed by atoms with Crippen LogP contribution in [0.15, 0.2) is 21.7 Å². The Bertz CT molecular complexity index is 578. The highest BCUT2D eigenvalue weighted by atomic mass is 32.2. The molecule has 6 nitrogen and oxygen atoms in total. The minimum absolute atomic E-state index is 0.101. The van der Waals surface area contributed by atoms with Crippen LogP contribution in [0.2, 0.25) is 0 Å². The molecule has 0 spiro atoms. The van der Waals surface area contributed by atoms with Crippen molar-refractivity contribution in [1.29, 1.82) is 0 Å². The average Bonchev–Trinajstić information content (AvgIpc) is 3.01. The standard InChI is InChI=1S/C14H21NO5S2/c16-13(14(17)18)12(8-10-4-2-1-3-5-10)15-22(19,20)11-6-7-21-9-11/h6-7,9-10,12-13,15-16H,1-5,8H2,(H,17,18). The minimum atomic E-state index is -3.81. The van der Waals surface area contributed by atoms with Crippen molar-refractivity contribution < 1.29 is 23.4 Å². The van der Waals surface area contributed by atoms with Crippen LogP contribution in [0.3, 0.4) is 0 Å². The summed E-state index contributed by atoms with van der Waals surface area (Å²) in [5.74, 6) is -1.16. The fraction of sp³-hybridized carbons (Fsp3) is 0.643. The van der Waals surface area contributed by atoms with Gasteiger partial charge in [-0.15, -0.1) is 0 Å². The van der Waals surface area contributed by atoms with Crippen LogP contribution < -0.4 is 4.72 Å². The van der Waals surface area contributed by atoms with Gasteiger partial charge in [-0.05, 0) is 23.8 Å². The first-order valence-electron chi connectivity index (χ1n) is 7.35. The second kappa shape index (κ2) is 7.54. The summed E-state index contributed by atoms with van der Waals surface area (Å²) < 4.78 is 26.9. The number of aliphatic hydroxyl groups excluding tert-OH is 1. The number of aliphatic carboxylic acids is 1. The molecule has 2 unspecified atom stereocenters. The average molecular weight is 347 g/mol. The number of hydrogen-bond donors (Lipinski definition) is 3. The van der Waals surface area contributed by atoms with E-state index in [1.807, 2.05) is 0 Å². The summed E-state index contributed by atoms with van der Waals surface area (Å²) in [6.45, 7) is 0. The fourth-order valence-corrected chi connectivity index (χ4v) is 5.15. The highest BCUT2D eigenvalue weighted by Gasteiger charge is 2.32. The molecule has 0 amide bonds. The smallest absolute Gasteiger partial charge is 0.334 e. The Balaban J connectivity index is 2.11. The van der Waals surface area contributed by atoms with Crippen LogP contribution in [0.5, 0.6) is 0 Å². The molecule has 22 heavy (non-hydrogen) atoms. The van der Waals surface area contributed by atoms with Crippen molar-refractivity contribution in [2.45, 2.75) is 55.6 Å². The molecule has 8 heteroatoms. The molecular formula is C14H21NO5S2. The van der Waals surface area contributed by atoms with E-state index in [4.69, 9.17) is 5.11 Å². The zero-order valence-corrected chi connectivity index (χ0v) is 13.8. The normalized spacial score (nSPS) is 19.7. The maximum Gasteiger partial charge on any atom is 0.334 e. The van der Waals surface area contributed by atoms with E-state index in [1.54, 1.807) is 5.38 Å². The van der Waals surface area contributed by atoms with Gasteiger partial charge >= 0.3 is 5.97 Å². The van der Waals surface area contributed by atoms with Gasteiger partial charge in [0.25, 0.3) is 0 Å². The number of carboxylic acids is 1. The van der Waals surface area contributed by atoms with E-state index in [1.165, 1.54) is 22.8 Å². The number of rotatable bonds is 7. The summed E-state index contributed by atoms with van der Waals surface area (Å²) in [4.78, 5) is 11.2. The van der Waals surface area contributed by atoms with Crippen molar-refractivity contribution in [3.8, 4) is 0 Å². The molecule has 0 aliphatic heterocycles. The van der Waals surface area contributed by atoms with Crippen molar-refractivity contribution in [1.82, 2.24) is 4.72 Å². The monoisotopic (exact) mass is 347 g/mol. The lowest BCUT2D eigenvalue weighted by Gasteiger charge is -2.28. The Hall–Kier alpha value is -0.960. The molecule has 1 aliphatic rings. The quantitative estimate of drug-likeness (QED) is 0.698. The number of thiophene rings is 1. The molecule has 124 valence electrons. The third kappa shape index (κ3) is 4.52. The van der Waals surface area contributed by atoms with Gasteiger partial charge in [0.2, 0.25) is 10.0 Å². The van der Waals surface area contributed by atoms with Crippen molar-refractivity contribution in [2.24, 2.45) is 5.92 Å². The molecule has 1 saturated carbocycles. The summed E-state index contributed by atoms with van der Waals surface area (Å²) in [6.07, 6.45) is 3.79. The summed E-state index contributed by atoms with van der Waals surface area (Å²) in [5.41, 5.74) is 0. The summed E-state index contributed by atoms with van der Waals surface area (Å²) in [6, 6.07) is 0.447. The Morgan fingerprint density at radius 1 is 1.36 bits per heavy atom. The lowest BCUT2D eigenvalue weighted by Crippen LogP contribution is -2.47. The molecule has 1 heterocycles. The lowest BCUT2D eigenvalue weighted by atomic mass is 9.84. The molecule has 1 aromatic rings. The van der Waals surface area contributed by atoms with E-state index in [0.29, 0.717) is 6.42 Å². The Labute approximate surface area is 134 Å². The van der Waals surface area contributed by atoms with Gasteiger partial charge in [-0.2, -0.15) is 11.3 Å². The molecule has 3 N–H and O–H groups in total. The predicted octanol–water partition coefficient (Wildman–Crippen LogP) is 1.81. The van der Waals surface area contributed by atoms with E-state index >= 15 is 0 Å². The fourth-order valence-electron chi connectivity index (χ4n) is 2.87. The molecule has 0 radical (unpaired) electrons. The van der Waals surface area contributed by atoms with E-state index in [-0.39, 0.29) is 10.8 Å². The molecule has 2 atom stereocenters. The predicted molar refractivity (Wildman–Crippen MR) is 83.3 cm³/mol. The van der Waals surface area contributed by atoms with E-state index in [0.717, 1.165) is 32.1 Å². The van der Waals surface area contributed by atoms with E-state index in [2.05, 4.69) is 4.72 Å². The molecule has 2 rings (SSSR count). The summed E-state index contributed by atoms with van der Waals surface area (Å²) >= 11 is 1.25. The number of carbonyl (C=O) groups is 1. The Morgan fingerprint density at radius 2 is 2.05 bits per heavy atom. The summed E-state index contributed by atoms with van der Waals surface area (Å²) in [5, 5.41) is 22.0. The van der Waals surface area contributed by atoms with Crippen LogP contribution in [0.1, 0.15) is 38.5 Å². The second-order valence-corrected chi connectivity index (χ2v) is 8.20. The minimum Gasteiger partial charge on any atom is -0.479 e. The topological polar surface area (TPSA) is 104 Å². The molecule has 0 bridgehead atoms. The van der Waals surface area contributed by atoms with Crippen LogP contribution >= 0.6 is 11.3 Å². The molecule has 1 aromatic heterocycles. The molecule has 1 aliphatic carbocycles. The van der Waals surface area contributed by atoms with Crippen molar-refractivity contribution in [3.63, 3.8) is 0 Å². The summed E-state index contributed by atoms with van der Waals surface area (Å²) in [7, 11) is -3.81.